The summed E-state index contributed by atoms with van der Waals surface area (Å²) >= 11 is 12.6. The molecule has 0 fully saturated rings. The summed E-state index contributed by atoms with van der Waals surface area (Å²) in [5.74, 6) is 0. The molecule has 0 atom stereocenters. The van der Waals surface area contributed by atoms with E-state index in [1.54, 1.807) is 29.1 Å². The number of hydrogen-bond donors (Lipinski definition) is 0. The lowest BCUT2D eigenvalue weighted by molar-refractivity contribution is 0.628. The summed E-state index contributed by atoms with van der Waals surface area (Å²) in [5.41, 5.74) is 1.35. The predicted molar refractivity (Wildman–Crippen MR) is 115 cm³/mol. The molecule has 0 N–H and O–H groups in total. The van der Waals surface area contributed by atoms with E-state index < -0.39 is 11.2 Å². The topological polar surface area (TPSA) is 61.8 Å². The summed E-state index contributed by atoms with van der Waals surface area (Å²) in [5, 5.41) is 0.810. The van der Waals surface area contributed by atoms with Crippen molar-refractivity contribution in [2.45, 2.75) is 26.6 Å². The van der Waals surface area contributed by atoms with E-state index in [1.165, 1.54) is 9.13 Å². The molecule has 29 heavy (non-hydrogen) atoms. The molecule has 6 nitrogen and oxygen atoms in total. The van der Waals surface area contributed by atoms with Crippen molar-refractivity contribution >= 4 is 34.4 Å². The maximum atomic E-state index is 13.3. The summed E-state index contributed by atoms with van der Waals surface area (Å²) in [7, 11) is 0. The Balaban J connectivity index is 1.97. The van der Waals surface area contributed by atoms with Gasteiger partial charge in [0.2, 0.25) is 0 Å². The molecule has 0 unspecified atom stereocenters. The first-order chi connectivity index (χ1) is 14.0. The minimum Gasteiger partial charge on any atom is -0.325 e. The van der Waals surface area contributed by atoms with Crippen LogP contribution in [0.4, 0.5) is 0 Å². The number of hydrogen-bond acceptors (Lipinski definition) is 3. The van der Waals surface area contributed by atoms with E-state index in [9.17, 15) is 9.59 Å². The highest BCUT2D eigenvalue weighted by Crippen LogP contribution is 2.24. The van der Waals surface area contributed by atoms with Crippen molar-refractivity contribution in [3.8, 4) is 0 Å². The molecule has 8 heteroatoms. The quantitative estimate of drug-likeness (QED) is 0.485. The minimum atomic E-state index is -0.455. The molecule has 0 spiro atoms. The van der Waals surface area contributed by atoms with Gasteiger partial charge in [0.05, 0.1) is 19.4 Å². The Bertz CT molecular complexity index is 1290. The van der Waals surface area contributed by atoms with Crippen LogP contribution in [0.1, 0.15) is 18.1 Å². The molecule has 0 bridgehead atoms. The van der Waals surface area contributed by atoms with Crippen molar-refractivity contribution in [1.29, 1.82) is 0 Å². The molecular weight excluding hydrogens is 411 g/mol. The first kappa shape index (κ1) is 19.5. The van der Waals surface area contributed by atoms with E-state index in [4.69, 9.17) is 23.2 Å². The average Bonchev–Trinajstić information content (AvgIpc) is 3.15. The van der Waals surface area contributed by atoms with Crippen molar-refractivity contribution in [3.63, 3.8) is 0 Å². The summed E-state index contributed by atoms with van der Waals surface area (Å²) in [6.07, 6.45) is 1.58. The van der Waals surface area contributed by atoms with Crippen LogP contribution < -0.4 is 11.2 Å². The van der Waals surface area contributed by atoms with Gasteiger partial charge < -0.3 is 4.57 Å². The van der Waals surface area contributed by atoms with E-state index in [1.807, 2.05) is 37.3 Å². The van der Waals surface area contributed by atoms with E-state index in [2.05, 4.69) is 4.98 Å². The summed E-state index contributed by atoms with van der Waals surface area (Å²) in [6, 6.07) is 14.7. The van der Waals surface area contributed by atoms with Crippen LogP contribution in [0.3, 0.4) is 0 Å². The normalized spacial score (nSPS) is 11.3. The Kier molecular flexibility index (Phi) is 5.30. The third-order valence-electron chi connectivity index (χ3n) is 4.89. The molecule has 4 rings (SSSR count). The first-order valence-electron chi connectivity index (χ1n) is 9.16. The fourth-order valence-electron chi connectivity index (χ4n) is 3.37. The molecule has 0 saturated carbocycles. The maximum Gasteiger partial charge on any atom is 0.333 e. The maximum absolute atomic E-state index is 13.3. The van der Waals surface area contributed by atoms with Crippen LogP contribution in [0.15, 0.2) is 64.4 Å². The molecule has 0 radical (unpaired) electrons. The molecule has 2 aromatic carbocycles. The first-order valence-corrected chi connectivity index (χ1v) is 9.92. The van der Waals surface area contributed by atoms with Crippen molar-refractivity contribution < 1.29 is 0 Å². The molecule has 2 aromatic heterocycles. The number of fused-ring (bicyclic) bond motifs is 1. The monoisotopic (exact) mass is 428 g/mol. The molecule has 4 aromatic rings. The highest BCUT2D eigenvalue weighted by molar-refractivity contribution is 6.35. The highest BCUT2D eigenvalue weighted by Gasteiger charge is 2.19. The van der Waals surface area contributed by atoms with Crippen LogP contribution in [0, 0.1) is 0 Å². The average molecular weight is 429 g/mol. The zero-order valence-electron chi connectivity index (χ0n) is 15.7. The number of nitrogens with zero attached hydrogens (tertiary/aromatic N) is 4. The molecule has 2 heterocycles. The van der Waals surface area contributed by atoms with Gasteiger partial charge in [-0.2, -0.15) is 0 Å². The fraction of sp³-hybridized carbons (Fsp3) is 0.190. The van der Waals surface area contributed by atoms with Gasteiger partial charge in [-0.3, -0.25) is 13.9 Å². The van der Waals surface area contributed by atoms with Crippen molar-refractivity contribution in [2.24, 2.45) is 0 Å². The number of aromatic nitrogens is 4. The van der Waals surface area contributed by atoms with Crippen molar-refractivity contribution in [3.05, 3.63) is 96.9 Å². The van der Waals surface area contributed by atoms with Gasteiger partial charge in [0.15, 0.2) is 11.2 Å². The molecular formula is C21H18Cl2N4O2. The molecule has 0 aliphatic carbocycles. The molecule has 148 valence electrons. The second-order valence-corrected chi connectivity index (χ2v) is 7.46. The Morgan fingerprint density at radius 1 is 0.897 bits per heavy atom. The summed E-state index contributed by atoms with van der Waals surface area (Å²) in [4.78, 5) is 30.9. The van der Waals surface area contributed by atoms with Gasteiger partial charge in [0.1, 0.15) is 0 Å². The Morgan fingerprint density at radius 3 is 2.24 bits per heavy atom. The third kappa shape index (κ3) is 3.50. The fourth-order valence-corrected chi connectivity index (χ4v) is 3.88. The Hall–Kier alpha value is -2.83. The SMILES string of the molecule is CCn1cnc2c1c(=O)n(Cc1c(Cl)cccc1Cl)c(=O)n2Cc1ccccc1. The number of rotatable bonds is 5. The van der Waals surface area contributed by atoms with Gasteiger partial charge in [0.25, 0.3) is 5.56 Å². The lowest BCUT2D eigenvalue weighted by Gasteiger charge is -2.14. The van der Waals surface area contributed by atoms with Crippen LogP contribution >= 0.6 is 23.2 Å². The smallest absolute Gasteiger partial charge is 0.325 e. The van der Waals surface area contributed by atoms with Gasteiger partial charge in [0, 0.05) is 22.2 Å². The zero-order chi connectivity index (χ0) is 20.5. The second-order valence-electron chi connectivity index (χ2n) is 6.65. The Morgan fingerprint density at radius 2 is 1.59 bits per heavy atom. The number of benzene rings is 2. The van der Waals surface area contributed by atoms with Gasteiger partial charge in [-0.05, 0) is 24.6 Å². The van der Waals surface area contributed by atoms with Crippen LogP contribution in [0.25, 0.3) is 11.2 Å². The predicted octanol–water partition coefficient (Wildman–Crippen LogP) is 3.78. The van der Waals surface area contributed by atoms with Crippen LogP contribution in [0.2, 0.25) is 10.0 Å². The van der Waals surface area contributed by atoms with Crippen LogP contribution in [0.5, 0.6) is 0 Å². The van der Waals surface area contributed by atoms with E-state index in [0.29, 0.717) is 39.9 Å². The van der Waals surface area contributed by atoms with Crippen molar-refractivity contribution in [2.75, 3.05) is 0 Å². The highest BCUT2D eigenvalue weighted by atomic mass is 35.5. The van der Waals surface area contributed by atoms with Gasteiger partial charge in [-0.1, -0.05) is 59.6 Å². The zero-order valence-corrected chi connectivity index (χ0v) is 17.2. The number of halogens is 2. The molecule has 0 amide bonds. The van der Waals surface area contributed by atoms with Crippen LogP contribution in [-0.4, -0.2) is 18.7 Å². The van der Waals surface area contributed by atoms with E-state index in [-0.39, 0.29) is 6.54 Å². The van der Waals surface area contributed by atoms with Crippen molar-refractivity contribution in [1.82, 2.24) is 18.7 Å². The summed E-state index contributed by atoms with van der Waals surface area (Å²) in [6.45, 7) is 2.76. The standard InChI is InChI=1S/C21H18Cl2N4O2/c1-2-25-13-24-19-18(25)20(28)27(12-15-16(22)9-6-10-17(15)23)21(29)26(19)11-14-7-4-3-5-8-14/h3-10,13H,2,11-12H2,1H3. The van der Waals surface area contributed by atoms with Gasteiger partial charge in [-0.15, -0.1) is 0 Å². The minimum absolute atomic E-state index is 0.0181. The lowest BCUT2D eigenvalue weighted by Crippen LogP contribution is -2.41. The largest absolute Gasteiger partial charge is 0.333 e. The van der Waals surface area contributed by atoms with Gasteiger partial charge in [-0.25, -0.2) is 9.78 Å². The second kappa shape index (κ2) is 7.89. The number of aryl methyl sites for hydroxylation is 1. The molecule has 0 saturated heterocycles. The molecule has 0 aliphatic heterocycles. The third-order valence-corrected chi connectivity index (χ3v) is 5.59. The van der Waals surface area contributed by atoms with Crippen LogP contribution in [-0.2, 0) is 19.6 Å². The Labute approximate surface area is 176 Å². The molecule has 0 aliphatic rings. The van der Waals surface area contributed by atoms with E-state index in [0.717, 1.165) is 5.56 Å². The lowest BCUT2D eigenvalue weighted by atomic mass is 10.2. The summed E-state index contributed by atoms with van der Waals surface area (Å²) < 4.78 is 4.43. The number of imidazole rings is 1. The van der Waals surface area contributed by atoms with E-state index >= 15 is 0 Å². The van der Waals surface area contributed by atoms with Gasteiger partial charge >= 0.3 is 5.69 Å².